The van der Waals surface area contributed by atoms with Gasteiger partial charge in [-0.3, -0.25) is 0 Å². The van der Waals surface area contributed by atoms with Gasteiger partial charge in [0.2, 0.25) is 0 Å². The van der Waals surface area contributed by atoms with Crippen molar-refractivity contribution in [3.63, 3.8) is 0 Å². The minimum Gasteiger partial charge on any atom is -0.363 e. The molecule has 0 aromatic heterocycles. The lowest BCUT2D eigenvalue weighted by Crippen LogP contribution is -2.07. The zero-order chi connectivity index (χ0) is 10.2. The van der Waals surface area contributed by atoms with Crippen LogP contribution in [0.15, 0.2) is 42.0 Å². The van der Waals surface area contributed by atoms with Gasteiger partial charge in [0.05, 0.1) is 6.61 Å². The first-order chi connectivity index (χ1) is 6.83. The zero-order valence-corrected chi connectivity index (χ0v) is 8.79. The molecule has 0 spiro atoms. The molecule has 1 rings (SSSR count). The molecule has 14 heavy (non-hydrogen) atoms. The first-order valence-electron chi connectivity index (χ1n) is 4.81. The van der Waals surface area contributed by atoms with Crippen LogP contribution in [0, 0.1) is 0 Å². The summed E-state index contributed by atoms with van der Waals surface area (Å²) in [6.07, 6.45) is 2.06. The third-order valence-electron chi connectivity index (χ3n) is 1.97. The Hall–Kier alpha value is -1.28. The molecule has 0 aliphatic rings. The van der Waals surface area contributed by atoms with Gasteiger partial charge in [0.1, 0.15) is 6.73 Å². The second kappa shape index (κ2) is 6.22. The van der Waals surface area contributed by atoms with E-state index in [4.69, 9.17) is 4.74 Å². The third-order valence-corrected chi connectivity index (χ3v) is 1.97. The molecule has 1 N–H and O–H groups in total. The molecule has 2 nitrogen and oxygen atoms in total. The summed E-state index contributed by atoms with van der Waals surface area (Å²) < 4.78 is 5.41. The van der Waals surface area contributed by atoms with Gasteiger partial charge in [-0.2, -0.15) is 0 Å². The average molecular weight is 191 g/mol. The highest BCUT2D eigenvalue weighted by atomic mass is 16.5. The monoisotopic (exact) mass is 191 g/mol. The lowest BCUT2D eigenvalue weighted by Gasteiger charge is -2.07. The molecule has 0 aliphatic carbocycles. The molecule has 0 radical (unpaired) electrons. The predicted octanol–water partition coefficient (Wildman–Crippen LogP) is 3.04. The van der Waals surface area contributed by atoms with Gasteiger partial charge in [0.15, 0.2) is 0 Å². The standard InChI is InChI=1S/C12H17NO/c1-3-11(2)9-14-10-13-12-7-5-4-6-8-12/h3-8,13H,9-10H2,1-2H3/b11-3+. The second-order valence-electron chi connectivity index (χ2n) is 3.17. The Kier molecular flexibility index (Phi) is 4.79. The van der Waals surface area contributed by atoms with Gasteiger partial charge in [-0.05, 0) is 26.0 Å². The molecule has 2 heteroatoms. The summed E-state index contributed by atoms with van der Waals surface area (Å²) in [5, 5.41) is 3.17. The molecule has 0 aliphatic heterocycles. The van der Waals surface area contributed by atoms with E-state index in [2.05, 4.69) is 18.3 Å². The van der Waals surface area contributed by atoms with Crippen LogP contribution < -0.4 is 5.32 Å². The van der Waals surface area contributed by atoms with Gasteiger partial charge < -0.3 is 10.1 Å². The SMILES string of the molecule is C/C=C(\C)COCNc1ccccc1. The van der Waals surface area contributed by atoms with E-state index in [1.807, 2.05) is 37.3 Å². The van der Waals surface area contributed by atoms with Crippen molar-refractivity contribution in [2.45, 2.75) is 13.8 Å². The van der Waals surface area contributed by atoms with E-state index in [0.29, 0.717) is 13.3 Å². The fourth-order valence-electron chi connectivity index (χ4n) is 0.986. The summed E-state index contributed by atoms with van der Waals surface area (Å²) in [6.45, 7) is 5.32. The highest BCUT2D eigenvalue weighted by Crippen LogP contribution is 2.04. The lowest BCUT2D eigenvalue weighted by atomic mass is 10.3. The Morgan fingerprint density at radius 2 is 2.07 bits per heavy atom. The van der Waals surface area contributed by atoms with Crippen molar-refractivity contribution in [2.24, 2.45) is 0 Å². The van der Waals surface area contributed by atoms with Crippen molar-refractivity contribution in [2.75, 3.05) is 18.7 Å². The topological polar surface area (TPSA) is 21.3 Å². The molecule has 1 aromatic carbocycles. The van der Waals surface area contributed by atoms with Crippen molar-refractivity contribution in [1.82, 2.24) is 0 Å². The number of anilines is 1. The van der Waals surface area contributed by atoms with Crippen molar-refractivity contribution in [1.29, 1.82) is 0 Å². The number of ether oxygens (including phenoxy) is 1. The zero-order valence-electron chi connectivity index (χ0n) is 8.79. The Morgan fingerprint density at radius 3 is 2.71 bits per heavy atom. The number of hydrogen-bond acceptors (Lipinski definition) is 2. The van der Waals surface area contributed by atoms with Crippen molar-refractivity contribution >= 4 is 5.69 Å². The average Bonchev–Trinajstić information content (AvgIpc) is 2.25. The van der Waals surface area contributed by atoms with Gasteiger partial charge in [-0.15, -0.1) is 0 Å². The van der Waals surface area contributed by atoms with Crippen LogP contribution in [-0.4, -0.2) is 13.3 Å². The van der Waals surface area contributed by atoms with Gasteiger partial charge in [-0.25, -0.2) is 0 Å². The van der Waals surface area contributed by atoms with Crippen molar-refractivity contribution < 1.29 is 4.74 Å². The van der Waals surface area contributed by atoms with Gasteiger partial charge >= 0.3 is 0 Å². The van der Waals surface area contributed by atoms with Gasteiger partial charge in [0, 0.05) is 5.69 Å². The number of para-hydroxylation sites is 1. The molecule has 0 heterocycles. The first kappa shape index (κ1) is 10.8. The number of nitrogens with one attached hydrogen (secondary N) is 1. The summed E-state index contributed by atoms with van der Waals surface area (Å²) in [5.74, 6) is 0. The quantitative estimate of drug-likeness (QED) is 0.439. The maximum atomic E-state index is 5.41. The molecule has 0 atom stereocenters. The molecule has 0 amide bonds. The van der Waals surface area contributed by atoms with Gasteiger partial charge in [0.25, 0.3) is 0 Å². The molecule has 0 bridgehead atoms. The molecule has 76 valence electrons. The molecule has 0 fully saturated rings. The number of allylic oxidation sites excluding steroid dienone is 1. The van der Waals surface area contributed by atoms with Crippen LogP contribution in [0.1, 0.15) is 13.8 Å². The molecular weight excluding hydrogens is 174 g/mol. The van der Waals surface area contributed by atoms with E-state index in [1.165, 1.54) is 5.57 Å². The van der Waals surface area contributed by atoms with E-state index < -0.39 is 0 Å². The number of hydrogen-bond donors (Lipinski definition) is 1. The Morgan fingerprint density at radius 1 is 1.36 bits per heavy atom. The van der Waals surface area contributed by atoms with Crippen molar-refractivity contribution in [3.8, 4) is 0 Å². The number of rotatable bonds is 5. The minimum atomic E-state index is 0.551. The maximum absolute atomic E-state index is 5.41. The summed E-state index contributed by atoms with van der Waals surface area (Å²) in [5.41, 5.74) is 2.34. The smallest absolute Gasteiger partial charge is 0.116 e. The Labute approximate surface area is 85.6 Å². The van der Waals surface area contributed by atoms with Crippen LogP contribution in [0.25, 0.3) is 0 Å². The summed E-state index contributed by atoms with van der Waals surface area (Å²) in [7, 11) is 0. The fraction of sp³-hybridized carbons (Fsp3) is 0.333. The minimum absolute atomic E-state index is 0.551. The summed E-state index contributed by atoms with van der Waals surface area (Å²) >= 11 is 0. The van der Waals surface area contributed by atoms with E-state index >= 15 is 0 Å². The lowest BCUT2D eigenvalue weighted by molar-refractivity contribution is 0.176. The van der Waals surface area contributed by atoms with Crippen LogP contribution in [0.2, 0.25) is 0 Å². The molecule has 0 saturated heterocycles. The van der Waals surface area contributed by atoms with E-state index in [0.717, 1.165) is 5.69 Å². The van der Waals surface area contributed by atoms with Crippen LogP contribution in [0.5, 0.6) is 0 Å². The van der Waals surface area contributed by atoms with Crippen LogP contribution in [0.3, 0.4) is 0 Å². The summed E-state index contributed by atoms with van der Waals surface area (Å²) in [4.78, 5) is 0. The highest BCUT2D eigenvalue weighted by Gasteiger charge is 1.90. The third kappa shape index (κ3) is 4.10. The molecule has 1 aromatic rings. The summed E-state index contributed by atoms with van der Waals surface area (Å²) in [6, 6.07) is 10.0. The number of benzene rings is 1. The molecule has 0 saturated carbocycles. The highest BCUT2D eigenvalue weighted by molar-refractivity contribution is 5.41. The first-order valence-corrected chi connectivity index (χ1v) is 4.81. The molecule has 0 unspecified atom stereocenters. The Balaban J connectivity index is 2.17. The Bertz CT molecular complexity index is 280. The molecular formula is C12H17NO. The normalized spacial score (nSPS) is 11.4. The fourth-order valence-corrected chi connectivity index (χ4v) is 0.986. The maximum Gasteiger partial charge on any atom is 0.116 e. The van der Waals surface area contributed by atoms with E-state index in [9.17, 15) is 0 Å². The van der Waals surface area contributed by atoms with Crippen LogP contribution in [0.4, 0.5) is 5.69 Å². The van der Waals surface area contributed by atoms with E-state index in [-0.39, 0.29) is 0 Å². The van der Waals surface area contributed by atoms with Crippen LogP contribution >= 0.6 is 0 Å². The van der Waals surface area contributed by atoms with Crippen LogP contribution in [-0.2, 0) is 4.74 Å². The predicted molar refractivity (Wildman–Crippen MR) is 60.3 cm³/mol. The van der Waals surface area contributed by atoms with Gasteiger partial charge in [-0.1, -0.05) is 29.8 Å². The largest absolute Gasteiger partial charge is 0.363 e. The van der Waals surface area contributed by atoms with E-state index in [1.54, 1.807) is 0 Å². The second-order valence-corrected chi connectivity index (χ2v) is 3.17. The van der Waals surface area contributed by atoms with Crippen molar-refractivity contribution in [3.05, 3.63) is 42.0 Å².